The summed E-state index contributed by atoms with van der Waals surface area (Å²) in [5.41, 5.74) is 4.07. The van der Waals surface area contributed by atoms with Gasteiger partial charge in [0.1, 0.15) is 18.2 Å². The summed E-state index contributed by atoms with van der Waals surface area (Å²) >= 11 is 0. The van der Waals surface area contributed by atoms with Gasteiger partial charge < -0.3 is 9.30 Å². The van der Waals surface area contributed by atoms with Crippen LogP contribution in [0.25, 0.3) is 11.4 Å². The van der Waals surface area contributed by atoms with E-state index in [-0.39, 0.29) is 0 Å². The van der Waals surface area contributed by atoms with Gasteiger partial charge in [0.05, 0.1) is 5.69 Å². The van der Waals surface area contributed by atoms with Crippen LogP contribution in [0.4, 0.5) is 0 Å². The monoisotopic (exact) mass is 231 g/mol. The Kier molecular flexibility index (Phi) is 3.24. The molecule has 0 unspecified atom stereocenters. The van der Waals surface area contributed by atoms with Crippen molar-refractivity contribution >= 4 is 0 Å². The molecular formula is C13H17N3O. The van der Waals surface area contributed by atoms with Gasteiger partial charge in [-0.1, -0.05) is 6.07 Å². The fraction of sp³-hybridized carbons (Fsp3) is 0.385. The molecule has 0 N–H and O–H groups in total. The van der Waals surface area contributed by atoms with Gasteiger partial charge in [0, 0.05) is 19.0 Å². The molecule has 2 aromatic heterocycles. The lowest BCUT2D eigenvalue weighted by molar-refractivity contribution is 0.128. The molecule has 0 aliphatic rings. The van der Waals surface area contributed by atoms with E-state index in [1.54, 1.807) is 7.11 Å². The summed E-state index contributed by atoms with van der Waals surface area (Å²) in [5, 5.41) is 0. The third-order valence-electron chi connectivity index (χ3n) is 2.82. The molecule has 2 aromatic rings. The van der Waals surface area contributed by atoms with Gasteiger partial charge in [0.25, 0.3) is 0 Å². The molecular weight excluding hydrogens is 214 g/mol. The molecule has 2 rings (SSSR count). The van der Waals surface area contributed by atoms with E-state index in [0.717, 1.165) is 28.5 Å². The van der Waals surface area contributed by atoms with Gasteiger partial charge in [-0.25, -0.2) is 4.98 Å². The van der Waals surface area contributed by atoms with Crippen molar-refractivity contribution in [2.24, 2.45) is 0 Å². The number of aromatic nitrogens is 3. The van der Waals surface area contributed by atoms with E-state index in [0.29, 0.717) is 6.73 Å². The van der Waals surface area contributed by atoms with Crippen molar-refractivity contribution in [1.82, 2.24) is 14.5 Å². The van der Waals surface area contributed by atoms with Crippen molar-refractivity contribution < 1.29 is 4.74 Å². The summed E-state index contributed by atoms with van der Waals surface area (Å²) < 4.78 is 7.20. The van der Waals surface area contributed by atoms with Crippen molar-refractivity contribution in [3.8, 4) is 11.4 Å². The second-order valence-electron chi connectivity index (χ2n) is 4.16. The van der Waals surface area contributed by atoms with E-state index in [1.165, 1.54) is 0 Å². The molecule has 4 heteroatoms. The molecule has 0 saturated heterocycles. The Morgan fingerprint density at radius 3 is 2.59 bits per heavy atom. The lowest BCUT2D eigenvalue weighted by atomic mass is 10.2. The Balaban J connectivity index is 2.46. The number of hydrogen-bond acceptors (Lipinski definition) is 3. The van der Waals surface area contributed by atoms with Gasteiger partial charge in [-0.3, -0.25) is 4.98 Å². The number of aryl methyl sites for hydroxylation is 2. The number of nitrogens with zero attached hydrogens (tertiary/aromatic N) is 3. The predicted octanol–water partition coefficient (Wildman–Crippen LogP) is 2.47. The summed E-state index contributed by atoms with van der Waals surface area (Å²) in [7, 11) is 1.68. The fourth-order valence-corrected chi connectivity index (χ4v) is 1.84. The molecule has 0 amide bonds. The largest absolute Gasteiger partial charge is 0.364 e. The number of rotatable bonds is 3. The molecule has 0 aliphatic carbocycles. The molecule has 0 aromatic carbocycles. The quantitative estimate of drug-likeness (QED) is 0.814. The number of imidazole rings is 1. The fourth-order valence-electron chi connectivity index (χ4n) is 1.84. The van der Waals surface area contributed by atoms with Crippen molar-refractivity contribution in [2.75, 3.05) is 7.11 Å². The standard InChI is InChI=1S/C13H17N3O/c1-9-5-6-12(14-7-9)13-10(2)16(8-17-4)11(3)15-13/h5-7H,8H2,1-4H3. The Labute approximate surface area is 101 Å². The third-order valence-corrected chi connectivity index (χ3v) is 2.82. The first-order valence-electron chi connectivity index (χ1n) is 5.59. The van der Waals surface area contributed by atoms with Crippen LogP contribution in [-0.4, -0.2) is 21.6 Å². The van der Waals surface area contributed by atoms with Gasteiger partial charge in [0.2, 0.25) is 0 Å². The maximum atomic E-state index is 5.16. The van der Waals surface area contributed by atoms with E-state index in [9.17, 15) is 0 Å². The first-order chi connectivity index (χ1) is 8.13. The molecule has 0 aliphatic heterocycles. The molecule has 0 fully saturated rings. The van der Waals surface area contributed by atoms with Gasteiger partial charge in [-0.2, -0.15) is 0 Å². The Bertz CT molecular complexity index is 514. The SMILES string of the molecule is COCn1c(C)nc(-c2ccc(C)cn2)c1C. The van der Waals surface area contributed by atoms with E-state index in [2.05, 4.69) is 9.97 Å². The lowest BCUT2D eigenvalue weighted by Crippen LogP contribution is -2.04. The summed E-state index contributed by atoms with van der Waals surface area (Å²) in [4.78, 5) is 8.96. The topological polar surface area (TPSA) is 39.9 Å². The number of methoxy groups -OCH3 is 1. The predicted molar refractivity (Wildman–Crippen MR) is 66.7 cm³/mol. The van der Waals surface area contributed by atoms with Crippen LogP contribution in [-0.2, 0) is 11.5 Å². The second kappa shape index (κ2) is 4.67. The average molecular weight is 231 g/mol. The highest BCUT2D eigenvalue weighted by Crippen LogP contribution is 2.21. The number of hydrogen-bond donors (Lipinski definition) is 0. The molecule has 17 heavy (non-hydrogen) atoms. The van der Waals surface area contributed by atoms with Gasteiger partial charge in [0.15, 0.2) is 0 Å². The van der Waals surface area contributed by atoms with Crippen molar-refractivity contribution in [1.29, 1.82) is 0 Å². The van der Waals surface area contributed by atoms with Crippen molar-refractivity contribution in [2.45, 2.75) is 27.5 Å². The summed E-state index contributed by atoms with van der Waals surface area (Å²) in [6, 6.07) is 4.05. The molecule has 90 valence electrons. The maximum Gasteiger partial charge on any atom is 0.123 e. The minimum atomic E-state index is 0.524. The van der Waals surface area contributed by atoms with Crippen LogP contribution in [0.2, 0.25) is 0 Å². The highest BCUT2D eigenvalue weighted by Gasteiger charge is 2.12. The van der Waals surface area contributed by atoms with E-state index in [1.807, 2.05) is 43.7 Å². The number of pyridine rings is 1. The van der Waals surface area contributed by atoms with Crippen LogP contribution in [0.1, 0.15) is 17.1 Å². The Morgan fingerprint density at radius 2 is 2.00 bits per heavy atom. The van der Waals surface area contributed by atoms with Gasteiger partial charge in [-0.05, 0) is 32.4 Å². The van der Waals surface area contributed by atoms with Crippen LogP contribution in [0.5, 0.6) is 0 Å². The van der Waals surface area contributed by atoms with Crippen LogP contribution in [0.3, 0.4) is 0 Å². The normalized spacial score (nSPS) is 10.8. The summed E-state index contributed by atoms with van der Waals surface area (Å²) in [5.74, 6) is 0.946. The zero-order valence-electron chi connectivity index (χ0n) is 10.7. The van der Waals surface area contributed by atoms with Crippen LogP contribution in [0.15, 0.2) is 18.3 Å². The van der Waals surface area contributed by atoms with Crippen LogP contribution < -0.4 is 0 Å². The molecule has 2 heterocycles. The average Bonchev–Trinajstić information content (AvgIpc) is 2.59. The van der Waals surface area contributed by atoms with Crippen molar-refractivity contribution in [3.05, 3.63) is 35.4 Å². The minimum Gasteiger partial charge on any atom is -0.364 e. The Morgan fingerprint density at radius 1 is 1.24 bits per heavy atom. The Hall–Kier alpha value is -1.68. The third kappa shape index (κ3) is 2.22. The molecule has 0 spiro atoms. The minimum absolute atomic E-state index is 0.524. The molecule has 0 bridgehead atoms. The highest BCUT2D eigenvalue weighted by molar-refractivity contribution is 5.57. The van der Waals surface area contributed by atoms with E-state index >= 15 is 0 Å². The van der Waals surface area contributed by atoms with Crippen LogP contribution in [0, 0.1) is 20.8 Å². The summed E-state index contributed by atoms with van der Waals surface area (Å²) in [6.45, 7) is 6.56. The maximum absolute atomic E-state index is 5.16. The first-order valence-corrected chi connectivity index (χ1v) is 5.59. The van der Waals surface area contributed by atoms with Gasteiger partial charge >= 0.3 is 0 Å². The molecule has 0 saturated carbocycles. The second-order valence-corrected chi connectivity index (χ2v) is 4.16. The zero-order valence-corrected chi connectivity index (χ0v) is 10.7. The molecule has 4 nitrogen and oxygen atoms in total. The molecule has 0 radical (unpaired) electrons. The van der Waals surface area contributed by atoms with E-state index in [4.69, 9.17) is 4.74 Å². The summed E-state index contributed by atoms with van der Waals surface area (Å²) in [6.07, 6.45) is 1.86. The lowest BCUT2D eigenvalue weighted by Gasteiger charge is -2.05. The van der Waals surface area contributed by atoms with Gasteiger partial charge in [-0.15, -0.1) is 0 Å². The smallest absolute Gasteiger partial charge is 0.123 e. The van der Waals surface area contributed by atoms with Crippen molar-refractivity contribution in [3.63, 3.8) is 0 Å². The zero-order chi connectivity index (χ0) is 12.4. The highest BCUT2D eigenvalue weighted by atomic mass is 16.5. The number of ether oxygens (including phenoxy) is 1. The first kappa shape index (κ1) is 11.8. The van der Waals surface area contributed by atoms with E-state index < -0.39 is 0 Å². The van der Waals surface area contributed by atoms with Crippen LogP contribution >= 0.6 is 0 Å². The molecule has 0 atom stereocenters.